The molecule has 0 saturated carbocycles. The second-order valence-electron chi connectivity index (χ2n) is 7.26. The smallest absolute Gasteiger partial charge is 0.413 e. The van der Waals surface area contributed by atoms with Gasteiger partial charge in [0.2, 0.25) is 0 Å². The lowest BCUT2D eigenvalue weighted by Gasteiger charge is -2.20. The second kappa shape index (κ2) is 9.46. The van der Waals surface area contributed by atoms with Crippen LogP contribution in [0.15, 0.2) is 17.1 Å². The van der Waals surface area contributed by atoms with Gasteiger partial charge in [0.15, 0.2) is 6.23 Å². The highest BCUT2D eigenvalue weighted by molar-refractivity contribution is 5.83. The fraction of sp³-hybridized carbons (Fsp3) is 0.722. The standard InChI is InChI=1S/C18H29N3O7/c1-6-25-10-11-14(26-7-2)13(22)15(27-11)21-9-8-12(19-16(21)23)20-17(24)28-18(3,4)5/h8-9,11,13-15,22H,6-7,10H2,1-5H3,(H,19,20,23,24)/t11-,13?,14+,15-/m1/s1. The zero-order valence-corrected chi connectivity index (χ0v) is 16.9. The van der Waals surface area contributed by atoms with Crippen LogP contribution in [0.4, 0.5) is 10.6 Å². The lowest BCUT2D eigenvalue weighted by atomic mass is 10.1. The van der Waals surface area contributed by atoms with Gasteiger partial charge >= 0.3 is 11.8 Å². The third-order valence-corrected chi connectivity index (χ3v) is 3.89. The zero-order chi connectivity index (χ0) is 20.9. The van der Waals surface area contributed by atoms with Gasteiger partial charge in [0.25, 0.3) is 0 Å². The lowest BCUT2D eigenvalue weighted by molar-refractivity contribution is -0.0743. The summed E-state index contributed by atoms with van der Waals surface area (Å²) < 4.78 is 23.0. The van der Waals surface area contributed by atoms with Gasteiger partial charge in [-0.25, -0.2) is 9.59 Å². The van der Waals surface area contributed by atoms with Crippen molar-refractivity contribution >= 4 is 11.9 Å². The number of hydrogen-bond donors (Lipinski definition) is 2. The maximum Gasteiger partial charge on any atom is 0.413 e. The fourth-order valence-corrected chi connectivity index (χ4v) is 2.80. The van der Waals surface area contributed by atoms with E-state index < -0.39 is 41.9 Å². The van der Waals surface area contributed by atoms with Crippen molar-refractivity contribution in [3.8, 4) is 0 Å². The highest BCUT2D eigenvalue weighted by Gasteiger charge is 2.45. The van der Waals surface area contributed by atoms with Crippen molar-refractivity contribution in [2.75, 3.05) is 25.1 Å². The van der Waals surface area contributed by atoms with Crippen molar-refractivity contribution in [1.82, 2.24) is 9.55 Å². The van der Waals surface area contributed by atoms with Crippen LogP contribution >= 0.6 is 0 Å². The molecule has 4 atom stereocenters. The summed E-state index contributed by atoms with van der Waals surface area (Å²) in [4.78, 5) is 28.0. The molecule has 1 unspecified atom stereocenters. The van der Waals surface area contributed by atoms with Gasteiger partial charge in [0, 0.05) is 19.4 Å². The minimum Gasteiger partial charge on any atom is -0.444 e. The molecular weight excluding hydrogens is 370 g/mol. The first-order valence-electron chi connectivity index (χ1n) is 9.28. The van der Waals surface area contributed by atoms with Crippen LogP contribution in [-0.4, -0.2) is 64.5 Å². The van der Waals surface area contributed by atoms with Gasteiger partial charge in [-0.2, -0.15) is 4.98 Å². The molecule has 10 heteroatoms. The van der Waals surface area contributed by atoms with E-state index in [9.17, 15) is 14.7 Å². The summed E-state index contributed by atoms with van der Waals surface area (Å²) in [5.41, 5.74) is -1.37. The molecule has 0 aromatic carbocycles. The normalized spacial score (nSPS) is 24.9. The van der Waals surface area contributed by atoms with Crippen LogP contribution in [0.3, 0.4) is 0 Å². The summed E-state index contributed by atoms with van der Waals surface area (Å²) in [5, 5.41) is 13.0. The number of hydrogen-bond acceptors (Lipinski definition) is 8. The van der Waals surface area contributed by atoms with Crippen molar-refractivity contribution in [3.63, 3.8) is 0 Å². The highest BCUT2D eigenvalue weighted by atomic mass is 16.6. The summed E-state index contributed by atoms with van der Waals surface area (Å²) in [5.74, 6) is 0.0372. The van der Waals surface area contributed by atoms with Gasteiger partial charge in [-0.05, 0) is 40.7 Å². The number of carbonyl (C=O) groups is 1. The quantitative estimate of drug-likeness (QED) is 0.704. The van der Waals surface area contributed by atoms with Gasteiger partial charge in [0.1, 0.15) is 29.7 Å². The molecule has 158 valence electrons. The Kier molecular flexibility index (Phi) is 7.53. The van der Waals surface area contributed by atoms with E-state index in [1.165, 1.54) is 12.3 Å². The first-order chi connectivity index (χ1) is 13.2. The fourth-order valence-electron chi connectivity index (χ4n) is 2.80. The van der Waals surface area contributed by atoms with Crippen LogP contribution in [0.5, 0.6) is 0 Å². The van der Waals surface area contributed by atoms with E-state index in [-0.39, 0.29) is 12.4 Å². The van der Waals surface area contributed by atoms with Gasteiger partial charge < -0.3 is 24.1 Å². The maximum atomic E-state index is 12.4. The highest BCUT2D eigenvalue weighted by Crippen LogP contribution is 2.30. The van der Waals surface area contributed by atoms with Crippen LogP contribution in [0, 0.1) is 0 Å². The molecule has 2 rings (SSSR count). The number of nitrogens with one attached hydrogen (secondary N) is 1. The molecule has 2 N–H and O–H groups in total. The largest absolute Gasteiger partial charge is 0.444 e. The summed E-state index contributed by atoms with van der Waals surface area (Å²) >= 11 is 0. The minimum absolute atomic E-state index is 0.0372. The van der Waals surface area contributed by atoms with Crippen LogP contribution in [0.1, 0.15) is 40.8 Å². The summed E-state index contributed by atoms with van der Waals surface area (Å²) in [6.45, 7) is 9.94. The maximum absolute atomic E-state index is 12.4. The predicted octanol–water partition coefficient (Wildman–Crippen LogP) is 1.29. The van der Waals surface area contributed by atoms with E-state index in [0.29, 0.717) is 13.2 Å². The number of nitrogens with zero attached hydrogens (tertiary/aromatic N) is 2. The molecule has 1 saturated heterocycles. The summed E-state index contributed by atoms with van der Waals surface area (Å²) in [6, 6.07) is 1.42. The summed E-state index contributed by atoms with van der Waals surface area (Å²) in [7, 11) is 0. The Bertz CT molecular complexity index is 716. The molecule has 1 aromatic rings. The first-order valence-corrected chi connectivity index (χ1v) is 9.28. The Morgan fingerprint density at radius 1 is 1.36 bits per heavy atom. The molecule has 28 heavy (non-hydrogen) atoms. The van der Waals surface area contributed by atoms with Crippen molar-refractivity contribution < 1.29 is 28.8 Å². The number of carbonyl (C=O) groups excluding carboxylic acids is 1. The Morgan fingerprint density at radius 3 is 2.64 bits per heavy atom. The lowest BCUT2D eigenvalue weighted by Crippen LogP contribution is -2.38. The number of ether oxygens (including phenoxy) is 4. The second-order valence-corrected chi connectivity index (χ2v) is 7.26. The van der Waals surface area contributed by atoms with Crippen molar-refractivity contribution in [2.45, 2.75) is 64.8 Å². The van der Waals surface area contributed by atoms with E-state index in [4.69, 9.17) is 18.9 Å². The van der Waals surface area contributed by atoms with Gasteiger partial charge in [0.05, 0.1) is 6.61 Å². The molecule has 0 spiro atoms. The number of rotatable bonds is 7. The van der Waals surface area contributed by atoms with E-state index in [2.05, 4.69) is 10.3 Å². The number of aromatic nitrogens is 2. The minimum atomic E-state index is -1.07. The number of anilines is 1. The molecular formula is C18H29N3O7. The molecule has 0 radical (unpaired) electrons. The Hall–Kier alpha value is -2.01. The topological polar surface area (TPSA) is 121 Å². The van der Waals surface area contributed by atoms with Crippen molar-refractivity contribution in [3.05, 3.63) is 22.7 Å². The van der Waals surface area contributed by atoms with Crippen LogP contribution in [0.25, 0.3) is 0 Å². The molecule has 0 bridgehead atoms. The third-order valence-electron chi connectivity index (χ3n) is 3.89. The predicted molar refractivity (Wildman–Crippen MR) is 100 cm³/mol. The Balaban J connectivity index is 2.14. The molecule has 1 amide bonds. The average Bonchev–Trinajstić information content (AvgIpc) is 2.88. The van der Waals surface area contributed by atoms with Crippen LogP contribution in [0.2, 0.25) is 0 Å². The van der Waals surface area contributed by atoms with Crippen molar-refractivity contribution in [2.24, 2.45) is 0 Å². The SMILES string of the molecule is CCOC[C@H]1O[C@@H](n2ccc(NC(=O)OC(C)(C)C)nc2=O)C(O)[C@H]1OCC. The molecule has 1 fully saturated rings. The van der Waals surface area contributed by atoms with Crippen molar-refractivity contribution in [1.29, 1.82) is 0 Å². The first kappa shape index (κ1) is 22.3. The van der Waals surface area contributed by atoms with E-state index in [1.807, 2.05) is 13.8 Å². The van der Waals surface area contributed by atoms with Gasteiger partial charge in [-0.3, -0.25) is 9.88 Å². The van der Waals surface area contributed by atoms with Crippen LogP contribution < -0.4 is 11.0 Å². The van der Waals surface area contributed by atoms with Crippen LogP contribution in [-0.2, 0) is 18.9 Å². The number of aliphatic hydroxyl groups is 1. The molecule has 10 nitrogen and oxygen atoms in total. The molecule has 1 aliphatic rings. The monoisotopic (exact) mass is 399 g/mol. The van der Waals surface area contributed by atoms with E-state index in [0.717, 1.165) is 4.57 Å². The van der Waals surface area contributed by atoms with E-state index >= 15 is 0 Å². The zero-order valence-electron chi connectivity index (χ0n) is 16.9. The molecule has 2 heterocycles. The summed E-state index contributed by atoms with van der Waals surface area (Å²) in [6.07, 6.45) is -2.53. The van der Waals surface area contributed by atoms with Gasteiger partial charge in [-0.1, -0.05) is 0 Å². The Morgan fingerprint density at radius 2 is 2.07 bits per heavy atom. The van der Waals surface area contributed by atoms with Gasteiger partial charge in [-0.15, -0.1) is 0 Å². The third kappa shape index (κ3) is 5.74. The van der Waals surface area contributed by atoms with E-state index in [1.54, 1.807) is 20.8 Å². The number of amides is 1. The molecule has 0 aliphatic carbocycles. The molecule has 1 aliphatic heterocycles. The number of aliphatic hydroxyl groups excluding tert-OH is 1. The average molecular weight is 399 g/mol. The Labute approximate surface area is 163 Å². The molecule has 1 aromatic heterocycles.